The minimum atomic E-state index is -3.68. The van der Waals surface area contributed by atoms with E-state index in [1.165, 1.54) is 49.8 Å². The molecule has 0 aliphatic rings. The monoisotopic (exact) mass is 464 g/mol. The number of hydrogen-bond acceptors (Lipinski definition) is 9. The SMILES string of the molecule is CS(=O)(=O)c1ccn([SiH](n2ccc(S(C)(=O)=O)n2)n2nccc2S(C)(=O)=O)n1. The van der Waals surface area contributed by atoms with Gasteiger partial charge in [0.1, 0.15) is 5.03 Å². The number of rotatable bonds is 6. The highest BCUT2D eigenvalue weighted by atomic mass is 32.2. The van der Waals surface area contributed by atoms with Crippen LogP contribution in [0.1, 0.15) is 0 Å². The van der Waals surface area contributed by atoms with Gasteiger partial charge in [-0.15, -0.1) is 0 Å². The minimum Gasteiger partial charge on any atom is -0.259 e. The van der Waals surface area contributed by atoms with E-state index in [4.69, 9.17) is 0 Å². The molecule has 0 atom stereocenters. The predicted octanol–water partition coefficient (Wildman–Crippen LogP) is -1.85. The van der Waals surface area contributed by atoms with Gasteiger partial charge in [0.05, 0.1) is 0 Å². The van der Waals surface area contributed by atoms with E-state index >= 15 is 0 Å². The smallest absolute Gasteiger partial charge is 0.259 e. The Bertz CT molecular complexity index is 1280. The Morgan fingerprint density at radius 2 is 1.21 bits per heavy atom. The summed E-state index contributed by atoms with van der Waals surface area (Å²) in [7, 11) is -13.9. The van der Waals surface area contributed by atoms with E-state index in [9.17, 15) is 25.3 Å². The van der Waals surface area contributed by atoms with Crippen LogP contribution in [0.15, 0.2) is 51.9 Å². The Hall–Kier alpha value is -2.30. The molecule has 0 aliphatic carbocycles. The normalized spacial score (nSPS) is 13.3. The van der Waals surface area contributed by atoms with Crippen LogP contribution in [0.25, 0.3) is 0 Å². The zero-order valence-electron chi connectivity index (χ0n) is 14.9. The molecular formula is C12H16N6O6S3Si. The van der Waals surface area contributed by atoms with Crippen molar-refractivity contribution < 1.29 is 25.3 Å². The van der Waals surface area contributed by atoms with E-state index in [0.29, 0.717) is 0 Å². The number of hydrogen-bond donors (Lipinski definition) is 0. The maximum Gasteiger partial charge on any atom is 0.426 e. The van der Waals surface area contributed by atoms with E-state index in [0.717, 1.165) is 18.8 Å². The lowest BCUT2D eigenvalue weighted by atomic mass is 10.8. The first-order chi connectivity index (χ1) is 12.8. The van der Waals surface area contributed by atoms with Crippen LogP contribution < -0.4 is 0 Å². The summed E-state index contributed by atoms with van der Waals surface area (Å²) >= 11 is 0. The third-order valence-electron chi connectivity index (χ3n) is 3.63. The van der Waals surface area contributed by atoms with Crippen molar-refractivity contribution in [2.24, 2.45) is 0 Å². The van der Waals surface area contributed by atoms with E-state index in [2.05, 4.69) is 15.3 Å². The predicted molar refractivity (Wildman–Crippen MR) is 99.4 cm³/mol. The highest BCUT2D eigenvalue weighted by molar-refractivity contribution is 7.91. The van der Waals surface area contributed by atoms with Gasteiger partial charge in [0, 0.05) is 37.4 Å². The Labute approximate surface area is 163 Å². The summed E-state index contributed by atoms with van der Waals surface area (Å²) in [5, 5.41) is 11.6. The van der Waals surface area contributed by atoms with Crippen LogP contribution in [-0.2, 0) is 29.5 Å². The van der Waals surface area contributed by atoms with Gasteiger partial charge in [-0.3, -0.25) is 8.69 Å². The topological polar surface area (TPSA) is 156 Å². The highest BCUT2D eigenvalue weighted by Gasteiger charge is 2.30. The van der Waals surface area contributed by atoms with Crippen molar-refractivity contribution in [2.75, 3.05) is 18.8 Å². The molecule has 0 aromatic carbocycles. The third-order valence-corrected chi connectivity index (χ3v) is 9.23. The first-order valence-electron chi connectivity index (χ1n) is 7.52. The molecule has 0 radical (unpaired) electrons. The van der Waals surface area contributed by atoms with Crippen molar-refractivity contribution in [3.8, 4) is 0 Å². The molecule has 0 saturated heterocycles. The van der Waals surface area contributed by atoms with E-state index in [-0.39, 0.29) is 15.1 Å². The van der Waals surface area contributed by atoms with Crippen molar-refractivity contribution in [3.63, 3.8) is 0 Å². The lowest BCUT2D eigenvalue weighted by Crippen LogP contribution is -2.44. The van der Waals surface area contributed by atoms with Crippen LogP contribution in [0.4, 0.5) is 0 Å². The van der Waals surface area contributed by atoms with Gasteiger partial charge in [-0.2, -0.15) is 15.3 Å². The molecule has 0 saturated carbocycles. The Kier molecular flexibility index (Phi) is 4.85. The van der Waals surface area contributed by atoms with Gasteiger partial charge in [0.15, 0.2) is 39.6 Å². The van der Waals surface area contributed by atoms with Crippen LogP contribution in [0.3, 0.4) is 0 Å². The fourth-order valence-electron chi connectivity index (χ4n) is 2.41. The van der Waals surface area contributed by atoms with E-state index in [1.54, 1.807) is 0 Å². The molecule has 0 fully saturated rings. The fraction of sp³-hybridized carbons (Fsp3) is 0.250. The van der Waals surface area contributed by atoms with Gasteiger partial charge in [-0.05, 0) is 18.2 Å². The Morgan fingerprint density at radius 1 is 0.750 bits per heavy atom. The molecular weight excluding hydrogens is 448 g/mol. The molecule has 28 heavy (non-hydrogen) atoms. The van der Waals surface area contributed by atoms with Crippen LogP contribution >= 0.6 is 0 Å². The molecule has 0 spiro atoms. The summed E-state index contributed by atoms with van der Waals surface area (Å²) in [6.07, 6.45) is 6.98. The second kappa shape index (κ2) is 6.64. The fourth-order valence-corrected chi connectivity index (χ4v) is 7.37. The molecule has 0 amide bonds. The van der Waals surface area contributed by atoms with Crippen LogP contribution in [-0.4, -0.2) is 81.6 Å². The van der Waals surface area contributed by atoms with Crippen LogP contribution in [0.5, 0.6) is 0 Å². The molecule has 3 aromatic heterocycles. The maximum absolute atomic E-state index is 12.1. The van der Waals surface area contributed by atoms with Gasteiger partial charge >= 0.3 is 9.28 Å². The van der Waals surface area contributed by atoms with Gasteiger partial charge in [0.25, 0.3) is 0 Å². The van der Waals surface area contributed by atoms with Gasteiger partial charge < -0.3 is 0 Å². The summed E-state index contributed by atoms with van der Waals surface area (Å²) in [5.74, 6) is 0. The number of aromatic nitrogens is 6. The Morgan fingerprint density at radius 3 is 1.57 bits per heavy atom. The minimum absolute atomic E-state index is 0.128. The summed E-state index contributed by atoms with van der Waals surface area (Å²) < 4.78 is 75.0. The van der Waals surface area contributed by atoms with Gasteiger partial charge in [0.2, 0.25) is 0 Å². The molecule has 3 aromatic rings. The lowest BCUT2D eigenvalue weighted by molar-refractivity contribution is 0.587. The third kappa shape index (κ3) is 3.94. The number of nitrogens with zero attached hydrogens (tertiary/aromatic N) is 6. The average molecular weight is 465 g/mol. The molecule has 16 heteroatoms. The van der Waals surface area contributed by atoms with Crippen molar-refractivity contribution in [1.29, 1.82) is 0 Å². The second-order valence-corrected chi connectivity index (χ2v) is 14.2. The quantitative estimate of drug-likeness (QED) is 0.382. The van der Waals surface area contributed by atoms with E-state index < -0.39 is 38.8 Å². The second-order valence-electron chi connectivity index (χ2n) is 6.04. The molecule has 3 rings (SSSR count). The summed E-state index contributed by atoms with van der Waals surface area (Å²) in [4.78, 5) is 0. The molecule has 12 nitrogen and oxygen atoms in total. The van der Waals surface area contributed by atoms with Gasteiger partial charge in [-0.25, -0.2) is 29.6 Å². The molecule has 3 heterocycles. The standard InChI is InChI=1S/C12H16N6O6S3Si/c1-25(19,20)10-5-8-16(14-10)28(17-9-6-11(15-17)26(2,21)22)18-12(4-7-13-18)27(3,23)24/h4-9,28H,1-3H3. The van der Waals surface area contributed by atoms with Crippen molar-refractivity contribution in [2.45, 2.75) is 15.1 Å². The highest BCUT2D eigenvalue weighted by Crippen LogP contribution is 2.13. The Balaban J connectivity index is 2.25. The molecule has 0 bridgehead atoms. The molecule has 0 N–H and O–H groups in total. The van der Waals surface area contributed by atoms with Crippen molar-refractivity contribution >= 4 is 38.8 Å². The largest absolute Gasteiger partial charge is 0.426 e. The molecule has 0 aliphatic heterocycles. The maximum atomic E-state index is 12.1. The van der Waals surface area contributed by atoms with Crippen molar-refractivity contribution in [1.82, 2.24) is 28.3 Å². The molecule has 152 valence electrons. The first-order valence-corrected chi connectivity index (χ1v) is 14.7. The van der Waals surface area contributed by atoms with Crippen molar-refractivity contribution in [3.05, 3.63) is 36.8 Å². The molecule has 0 unspecified atom stereocenters. The summed E-state index contributed by atoms with van der Waals surface area (Å²) in [5.41, 5.74) is 0. The van der Waals surface area contributed by atoms with Crippen LogP contribution in [0.2, 0.25) is 0 Å². The van der Waals surface area contributed by atoms with E-state index in [1.807, 2.05) is 0 Å². The first kappa shape index (κ1) is 20.4. The zero-order chi connectivity index (χ0) is 20.9. The summed E-state index contributed by atoms with van der Waals surface area (Å²) in [6.45, 7) is 0. The zero-order valence-corrected chi connectivity index (χ0v) is 18.5. The number of sulfone groups is 3. The van der Waals surface area contributed by atoms with Gasteiger partial charge in [-0.1, -0.05) is 0 Å². The summed E-state index contributed by atoms with van der Waals surface area (Å²) in [6, 6.07) is 3.82. The lowest BCUT2D eigenvalue weighted by Gasteiger charge is -2.18. The average Bonchev–Trinajstić information content (AvgIpc) is 3.26. The van der Waals surface area contributed by atoms with Crippen LogP contribution in [0, 0.1) is 0 Å².